The summed E-state index contributed by atoms with van der Waals surface area (Å²) in [4.78, 5) is 30.6. The summed E-state index contributed by atoms with van der Waals surface area (Å²) in [6, 6.07) is 14.7. The Balaban J connectivity index is 1.51. The Morgan fingerprint density at radius 3 is 2.52 bits per heavy atom. The summed E-state index contributed by atoms with van der Waals surface area (Å²) in [7, 11) is 2.14. The van der Waals surface area contributed by atoms with E-state index in [1.54, 1.807) is 25.1 Å². The van der Waals surface area contributed by atoms with Gasteiger partial charge in [-0.3, -0.25) is 9.59 Å². The third-order valence-electron chi connectivity index (χ3n) is 5.96. The van der Waals surface area contributed by atoms with Gasteiger partial charge in [-0.05, 0) is 39.1 Å². The smallest absolute Gasteiger partial charge is 0.255 e. The summed E-state index contributed by atoms with van der Waals surface area (Å²) in [5, 5.41) is 3.43. The van der Waals surface area contributed by atoms with Crippen LogP contribution in [0.5, 0.6) is 0 Å². The number of rotatable bonds is 6. The normalized spacial score (nSPS) is 15.3. The second-order valence-corrected chi connectivity index (χ2v) is 8.19. The van der Waals surface area contributed by atoms with Crippen molar-refractivity contribution in [3.8, 4) is 11.3 Å². The number of carbonyl (C=O) groups is 1. The van der Waals surface area contributed by atoms with E-state index in [1.165, 1.54) is 0 Å². The van der Waals surface area contributed by atoms with E-state index in [1.807, 2.05) is 30.3 Å². The molecule has 0 aliphatic carbocycles. The van der Waals surface area contributed by atoms with Crippen LogP contribution in [0, 0.1) is 6.92 Å². The van der Waals surface area contributed by atoms with Crippen molar-refractivity contribution < 1.29 is 9.21 Å². The first-order valence-electron chi connectivity index (χ1n) is 10.9. The Morgan fingerprint density at radius 1 is 1.03 bits per heavy atom. The van der Waals surface area contributed by atoms with Gasteiger partial charge in [0.1, 0.15) is 5.76 Å². The molecular formula is C25H29N3O3. The lowest BCUT2D eigenvalue weighted by atomic mass is 10.0. The molecule has 6 nitrogen and oxygen atoms in total. The maximum atomic E-state index is 13.0. The number of likely N-dealkylation sites (N-methyl/N-ethyl adjacent to an activating group) is 1. The SMILES string of the molecule is Cc1c(-c2ccccc2)oc2c(C(=O)NCCCN3CCN(C)CC3)cccc2c1=O. The number of hydrogen-bond acceptors (Lipinski definition) is 5. The van der Waals surface area contributed by atoms with Gasteiger partial charge in [-0.1, -0.05) is 36.4 Å². The molecule has 0 unspecified atom stereocenters. The number of piperazine rings is 1. The predicted octanol–water partition coefficient (Wildman–Crippen LogP) is 3.14. The topological polar surface area (TPSA) is 65.8 Å². The number of nitrogens with one attached hydrogen (secondary N) is 1. The lowest BCUT2D eigenvalue weighted by Crippen LogP contribution is -2.45. The first-order chi connectivity index (χ1) is 15.0. The fourth-order valence-electron chi connectivity index (χ4n) is 4.02. The van der Waals surface area contributed by atoms with Crippen molar-refractivity contribution in [3.63, 3.8) is 0 Å². The van der Waals surface area contributed by atoms with Crippen LogP contribution in [0.15, 0.2) is 57.7 Å². The molecule has 1 amide bonds. The standard InChI is InChI=1S/C25H29N3O3/c1-18-22(29)20-10-6-11-21(24(20)31-23(18)19-8-4-3-5-9-19)25(30)26-12-7-13-28-16-14-27(2)15-17-28/h3-6,8-11H,7,12-17H2,1-2H3,(H,26,30). The number of benzene rings is 2. The summed E-state index contributed by atoms with van der Waals surface area (Å²) in [5.74, 6) is 0.295. The van der Waals surface area contributed by atoms with Gasteiger partial charge in [-0.15, -0.1) is 0 Å². The molecule has 2 heterocycles. The molecule has 6 heteroatoms. The summed E-state index contributed by atoms with van der Waals surface area (Å²) in [6.45, 7) is 7.63. The molecule has 0 saturated carbocycles. The van der Waals surface area contributed by atoms with Crippen molar-refractivity contribution in [1.82, 2.24) is 15.1 Å². The molecule has 1 aliphatic heterocycles. The Labute approximate surface area is 182 Å². The van der Waals surface area contributed by atoms with Gasteiger partial charge in [-0.2, -0.15) is 0 Å². The molecule has 0 bridgehead atoms. The molecule has 3 aromatic rings. The van der Waals surface area contributed by atoms with Crippen LogP contribution < -0.4 is 10.7 Å². The molecule has 0 radical (unpaired) electrons. The highest BCUT2D eigenvalue weighted by molar-refractivity contribution is 6.05. The zero-order valence-electron chi connectivity index (χ0n) is 18.2. The van der Waals surface area contributed by atoms with Crippen molar-refractivity contribution >= 4 is 16.9 Å². The van der Waals surface area contributed by atoms with Crippen molar-refractivity contribution in [3.05, 3.63) is 69.9 Å². The first kappa shape index (κ1) is 21.3. The Kier molecular flexibility index (Phi) is 6.49. The number of carbonyl (C=O) groups excluding carboxylic acids is 1. The highest BCUT2D eigenvalue weighted by Crippen LogP contribution is 2.27. The fourth-order valence-corrected chi connectivity index (χ4v) is 4.02. The lowest BCUT2D eigenvalue weighted by molar-refractivity contribution is 0.0950. The Morgan fingerprint density at radius 2 is 1.77 bits per heavy atom. The molecule has 31 heavy (non-hydrogen) atoms. The van der Waals surface area contributed by atoms with Crippen molar-refractivity contribution in [2.75, 3.05) is 46.3 Å². The molecule has 0 spiro atoms. The maximum Gasteiger partial charge on any atom is 0.255 e. The average molecular weight is 420 g/mol. The van der Waals surface area contributed by atoms with E-state index in [4.69, 9.17) is 4.42 Å². The second-order valence-electron chi connectivity index (χ2n) is 8.19. The van der Waals surface area contributed by atoms with E-state index >= 15 is 0 Å². The third-order valence-corrected chi connectivity index (χ3v) is 5.96. The fraction of sp³-hybridized carbons (Fsp3) is 0.360. The van der Waals surface area contributed by atoms with Crippen LogP contribution in [-0.4, -0.2) is 62.0 Å². The molecule has 1 N–H and O–H groups in total. The van der Waals surface area contributed by atoms with E-state index < -0.39 is 0 Å². The van der Waals surface area contributed by atoms with Gasteiger partial charge in [0, 0.05) is 43.9 Å². The van der Waals surface area contributed by atoms with Crippen LogP contribution in [0.2, 0.25) is 0 Å². The van der Waals surface area contributed by atoms with Crippen molar-refractivity contribution in [2.24, 2.45) is 0 Å². The monoisotopic (exact) mass is 419 g/mol. The van der Waals surface area contributed by atoms with Crippen LogP contribution in [-0.2, 0) is 0 Å². The van der Waals surface area contributed by atoms with Crippen molar-refractivity contribution in [1.29, 1.82) is 0 Å². The number of para-hydroxylation sites is 1. The molecule has 1 aromatic heterocycles. The zero-order chi connectivity index (χ0) is 21.8. The summed E-state index contributed by atoms with van der Waals surface area (Å²) < 4.78 is 6.15. The number of amides is 1. The van der Waals surface area contributed by atoms with Crippen LogP contribution in [0.3, 0.4) is 0 Å². The van der Waals surface area contributed by atoms with Crippen LogP contribution in [0.1, 0.15) is 22.3 Å². The Bertz CT molecular complexity index is 1120. The third kappa shape index (κ3) is 4.70. The van der Waals surface area contributed by atoms with E-state index in [9.17, 15) is 9.59 Å². The molecule has 2 aromatic carbocycles. The van der Waals surface area contributed by atoms with Crippen LogP contribution >= 0.6 is 0 Å². The minimum atomic E-state index is -0.213. The highest BCUT2D eigenvalue weighted by Gasteiger charge is 2.18. The van der Waals surface area contributed by atoms with Gasteiger partial charge < -0.3 is 19.5 Å². The largest absolute Gasteiger partial charge is 0.455 e. The number of hydrogen-bond donors (Lipinski definition) is 1. The van der Waals surface area contributed by atoms with E-state index in [2.05, 4.69) is 22.2 Å². The molecular weight excluding hydrogens is 390 g/mol. The minimum Gasteiger partial charge on any atom is -0.455 e. The lowest BCUT2D eigenvalue weighted by Gasteiger charge is -2.32. The molecule has 162 valence electrons. The second kappa shape index (κ2) is 9.45. The molecule has 1 saturated heterocycles. The summed E-state index contributed by atoms with van der Waals surface area (Å²) in [5.41, 5.74) is 1.99. The first-order valence-corrected chi connectivity index (χ1v) is 10.9. The van der Waals surface area contributed by atoms with Gasteiger partial charge in [0.2, 0.25) is 0 Å². The molecule has 0 atom stereocenters. The van der Waals surface area contributed by atoms with E-state index in [0.29, 0.717) is 34.4 Å². The highest BCUT2D eigenvalue weighted by atomic mass is 16.3. The quantitative estimate of drug-likeness (QED) is 0.622. The van der Waals surface area contributed by atoms with Crippen LogP contribution in [0.4, 0.5) is 0 Å². The van der Waals surface area contributed by atoms with E-state index in [-0.39, 0.29) is 11.3 Å². The molecule has 4 rings (SSSR count). The Hall–Kier alpha value is -2.96. The van der Waals surface area contributed by atoms with Gasteiger partial charge in [-0.25, -0.2) is 0 Å². The van der Waals surface area contributed by atoms with Crippen molar-refractivity contribution in [2.45, 2.75) is 13.3 Å². The summed E-state index contributed by atoms with van der Waals surface area (Å²) in [6.07, 6.45) is 0.887. The maximum absolute atomic E-state index is 13.0. The van der Waals surface area contributed by atoms with Gasteiger partial charge >= 0.3 is 0 Å². The number of fused-ring (bicyclic) bond motifs is 1. The van der Waals surface area contributed by atoms with Gasteiger partial charge in [0.15, 0.2) is 11.0 Å². The molecule has 1 aliphatic rings. The predicted molar refractivity (Wildman–Crippen MR) is 124 cm³/mol. The van der Waals surface area contributed by atoms with E-state index in [0.717, 1.165) is 44.7 Å². The van der Waals surface area contributed by atoms with Gasteiger partial charge in [0.25, 0.3) is 5.91 Å². The van der Waals surface area contributed by atoms with Gasteiger partial charge in [0.05, 0.1) is 10.9 Å². The summed E-state index contributed by atoms with van der Waals surface area (Å²) >= 11 is 0. The minimum absolute atomic E-state index is 0.107. The molecule has 1 fully saturated rings. The zero-order valence-corrected chi connectivity index (χ0v) is 18.2. The number of nitrogens with zero attached hydrogens (tertiary/aromatic N) is 2. The van der Waals surface area contributed by atoms with Crippen LogP contribution in [0.25, 0.3) is 22.3 Å². The average Bonchev–Trinajstić information content (AvgIpc) is 2.80.